The van der Waals surface area contributed by atoms with Gasteiger partial charge in [-0.15, -0.1) is 0 Å². The molecule has 0 unspecified atom stereocenters. The zero-order valence-electron chi connectivity index (χ0n) is 9.89. The highest BCUT2D eigenvalue weighted by atomic mass is 19.4. The van der Waals surface area contributed by atoms with Crippen LogP contribution in [0.1, 0.15) is 27.8 Å². The Morgan fingerprint density at radius 1 is 0.905 bits per heavy atom. The first-order valence-electron chi connectivity index (χ1n) is 5.09. The molecule has 1 aromatic rings. The van der Waals surface area contributed by atoms with Gasteiger partial charge in [-0.05, 0) is 11.6 Å². The Bertz CT molecular complexity index is 695. The number of nitriles is 3. The maximum atomic E-state index is 13.0. The average molecular weight is 303 g/mol. The fourth-order valence-corrected chi connectivity index (χ4v) is 1.74. The van der Waals surface area contributed by atoms with Gasteiger partial charge in [0.05, 0.1) is 40.8 Å². The van der Waals surface area contributed by atoms with E-state index in [1.54, 1.807) is 0 Å². The third-order valence-corrected chi connectivity index (χ3v) is 2.51. The maximum absolute atomic E-state index is 13.0. The van der Waals surface area contributed by atoms with Crippen molar-refractivity contribution in [3.8, 4) is 18.2 Å². The Balaban J connectivity index is 4.01. The van der Waals surface area contributed by atoms with Crippen molar-refractivity contribution >= 4 is 0 Å². The van der Waals surface area contributed by atoms with Crippen LogP contribution in [0.2, 0.25) is 0 Å². The molecule has 3 nitrogen and oxygen atoms in total. The number of benzene rings is 1. The summed E-state index contributed by atoms with van der Waals surface area (Å²) in [5, 5.41) is 25.9. The lowest BCUT2D eigenvalue weighted by Crippen LogP contribution is -2.19. The molecule has 1 aromatic carbocycles. The van der Waals surface area contributed by atoms with Gasteiger partial charge in [0.1, 0.15) is 6.07 Å². The molecule has 9 heteroatoms. The predicted octanol–water partition coefficient (Wildman–Crippen LogP) is 3.53. The molecular weight excluding hydrogens is 300 g/mol. The summed E-state index contributed by atoms with van der Waals surface area (Å²) in [6.07, 6.45) is -11.5. The summed E-state index contributed by atoms with van der Waals surface area (Å²) in [4.78, 5) is 0. The van der Waals surface area contributed by atoms with Gasteiger partial charge in [-0.2, -0.15) is 42.1 Å². The van der Waals surface area contributed by atoms with Gasteiger partial charge in [0, 0.05) is 0 Å². The number of alkyl halides is 6. The van der Waals surface area contributed by atoms with Crippen molar-refractivity contribution in [3.05, 3.63) is 33.9 Å². The van der Waals surface area contributed by atoms with E-state index in [9.17, 15) is 26.3 Å². The third kappa shape index (κ3) is 3.06. The second-order valence-corrected chi connectivity index (χ2v) is 3.75. The highest BCUT2D eigenvalue weighted by Crippen LogP contribution is 2.42. The van der Waals surface area contributed by atoms with Crippen LogP contribution in [0.5, 0.6) is 0 Å². The molecule has 0 saturated carbocycles. The van der Waals surface area contributed by atoms with Gasteiger partial charge in [0.15, 0.2) is 0 Å². The van der Waals surface area contributed by atoms with Crippen molar-refractivity contribution in [2.75, 3.05) is 0 Å². The lowest BCUT2D eigenvalue weighted by Gasteiger charge is -2.18. The van der Waals surface area contributed by atoms with E-state index in [0.29, 0.717) is 0 Å². The minimum absolute atomic E-state index is 0.153. The Hall–Kier alpha value is -2.73. The van der Waals surface area contributed by atoms with E-state index in [0.717, 1.165) is 6.07 Å². The first-order valence-corrected chi connectivity index (χ1v) is 5.09. The molecule has 0 fully saturated rings. The molecule has 0 spiro atoms. The Kier molecular flexibility index (Phi) is 4.15. The molecule has 1 rings (SSSR count). The summed E-state index contributed by atoms with van der Waals surface area (Å²) in [5.41, 5.74) is -7.25. The van der Waals surface area contributed by atoms with Crippen LogP contribution < -0.4 is 0 Å². The van der Waals surface area contributed by atoms with Crippen molar-refractivity contribution < 1.29 is 26.3 Å². The normalized spacial score (nSPS) is 11.4. The second kappa shape index (κ2) is 5.34. The van der Waals surface area contributed by atoms with Gasteiger partial charge in [-0.1, -0.05) is 0 Å². The van der Waals surface area contributed by atoms with E-state index in [2.05, 4.69) is 0 Å². The molecule has 0 bridgehead atoms. The fourth-order valence-electron chi connectivity index (χ4n) is 1.74. The van der Waals surface area contributed by atoms with E-state index in [4.69, 9.17) is 15.8 Å². The van der Waals surface area contributed by atoms with Crippen LogP contribution in [0, 0.1) is 34.0 Å². The van der Waals surface area contributed by atoms with Crippen LogP contribution in [0.3, 0.4) is 0 Å². The van der Waals surface area contributed by atoms with E-state index in [1.807, 2.05) is 0 Å². The minimum Gasteiger partial charge on any atom is -0.198 e. The van der Waals surface area contributed by atoms with Crippen LogP contribution in [-0.4, -0.2) is 0 Å². The van der Waals surface area contributed by atoms with E-state index < -0.39 is 46.6 Å². The number of rotatable bonds is 1. The smallest absolute Gasteiger partial charge is 0.198 e. The van der Waals surface area contributed by atoms with Gasteiger partial charge >= 0.3 is 12.4 Å². The number of hydrogen-bond donors (Lipinski definition) is 0. The van der Waals surface area contributed by atoms with E-state index in [1.165, 1.54) is 12.1 Å². The van der Waals surface area contributed by atoms with Crippen LogP contribution in [-0.2, 0) is 18.8 Å². The highest BCUT2D eigenvalue weighted by Gasteiger charge is 2.44. The predicted molar refractivity (Wildman–Crippen MR) is 55.2 cm³/mol. The minimum atomic E-state index is -5.30. The zero-order valence-corrected chi connectivity index (χ0v) is 9.89. The molecule has 0 aliphatic rings. The van der Waals surface area contributed by atoms with Crippen LogP contribution in [0.4, 0.5) is 26.3 Å². The number of halogens is 6. The molecule has 21 heavy (non-hydrogen) atoms. The van der Waals surface area contributed by atoms with Crippen LogP contribution >= 0.6 is 0 Å². The standard InChI is InChI=1S/C12H3F6N3/c13-11(14,15)9-3-6(4-20)7(1-2-19)10(8(9)5-21)12(16,17)18/h3H,1H2. The van der Waals surface area contributed by atoms with Crippen molar-refractivity contribution in [2.45, 2.75) is 18.8 Å². The van der Waals surface area contributed by atoms with Gasteiger partial charge in [0.25, 0.3) is 0 Å². The van der Waals surface area contributed by atoms with Crippen molar-refractivity contribution in [3.63, 3.8) is 0 Å². The van der Waals surface area contributed by atoms with Crippen molar-refractivity contribution in [1.29, 1.82) is 15.8 Å². The molecule has 0 amide bonds. The van der Waals surface area contributed by atoms with Gasteiger partial charge in [0.2, 0.25) is 0 Å². The van der Waals surface area contributed by atoms with Crippen LogP contribution in [0.15, 0.2) is 6.07 Å². The summed E-state index contributed by atoms with van der Waals surface area (Å²) < 4.78 is 77.1. The summed E-state index contributed by atoms with van der Waals surface area (Å²) >= 11 is 0. The summed E-state index contributed by atoms with van der Waals surface area (Å²) in [5.74, 6) is 0. The molecule has 0 heterocycles. The molecule has 0 aromatic heterocycles. The monoisotopic (exact) mass is 303 g/mol. The first-order chi connectivity index (χ1) is 9.57. The molecule has 0 saturated heterocycles. The topological polar surface area (TPSA) is 71.4 Å². The van der Waals surface area contributed by atoms with Crippen molar-refractivity contribution in [2.24, 2.45) is 0 Å². The van der Waals surface area contributed by atoms with E-state index in [-0.39, 0.29) is 6.07 Å². The van der Waals surface area contributed by atoms with Gasteiger partial charge in [-0.3, -0.25) is 0 Å². The largest absolute Gasteiger partial charge is 0.418 e. The first kappa shape index (κ1) is 16.3. The molecular formula is C12H3F6N3. The summed E-state index contributed by atoms with van der Waals surface area (Å²) in [6, 6.07) is 3.56. The lowest BCUT2D eigenvalue weighted by atomic mass is 9.90. The highest BCUT2D eigenvalue weighted by molar-refractivity contribution is 5.58. The number of nitrogens with zero attached hydrogens (tertiary/aromatic N) is 3. The zero-order chi connectivity index (χ0) is 16.4. The average Bonchev–Trinajstić information content (AvgIpc) is 2.35. The lowest BCUT2D eigenvalue weighted by molar-refractivity contribution is -0.143. The molecule has 0 atom stereocenters. The summed E-state index contributed by atoms with van der Waals surface area (Å²) in [7, 11) is 0. The van der Waals surface area contributed by atoms with Crippen LogP contribution in [0.25, 0.3) is 0 Å². The Morgan fingerprint density at radius 3 is 1.81 bits per heavy atom. The maximum Gasteiger partial charge on any atom is 0.418 e. The van der Waals surface area contributed by atoms with Crippen molar-refractivity contribution in [1.82, 2.24) is 0 Å². The SMILES string of the molecule is N#CCc1c(C#N)cc(C(F)(F)F)c(C#N)c1C(F)(F)F. The third-order valence-electron chi connectivity index (χ3n) is 2.51. The Labute approximate surface area is 114 Å². The molecule has 0 aliphatic heterocycles. The molecule has 108 valence electrons. The molecule has 0 aliphatic carbocycles. The van der Waals surface area contributed by atoms with Gasteiger partial charge in [-0.25, -0.2) is 0 Å². The fraction of sp³-hybridized carbons (Fsp3) is 0.250. The number of hydrogen-bond acceptors (Lipinski definition) is 3. The second-order valence-electron chi connectivity index (χ2n) is 3.75. The molecule has 0 radical (unpaired) electrons. The van der Waals surface area contributed by atoms with E-state index >= 15 is 0 Å². The summed E-state index contributed by atoms with van der Waals surface area (Å²) in [6.45, 7) is 0. The quantitative estimate of drug-likeness (QED) is 0.745. The molecule has 0 N–H and O–H groups in total. The van der Waals surface area contributed by atoms with Gasteiger partial charge < -0.3 is 0 Å². The Morgan fingerprint density at radius 2 is 1.48 bits per heavy atom.